The Kier molecular flexibility index (Phi) is 6.02. The minimum atomic E-state index is -2.05. The number of rotatable bonds is 8. The third-order valence-electron chi connectivity index (χ3n) is 3.65. The molecule has 0 amide bonds. The molecule has 0 fully saturated rings. The Hall–Kier alpha value is -1.76. The standard InChI is InChI=1S/C15H23N3O3/c1-10(15(16,17)14(20)21)13(19)11(2)18-9-8-12-6-4-3-5-7-12/h3-7,10-11,18H,8-9,16-17H2,1-2H3,(H,20,21). The summed E-state index contributed by atoms with van der Waals surface area (Å²) in [6.07, 6.45) is 0.780. The molecule has 0 aliphatic rings. The average molecular weight is 293 g/mol. The van der Waals surface area contributed by atoms with Crippen molar-refractivity contribution in [3.8, 4) is 0 Å². The van der Waals surface area contributed by atoms with Crippen LogP contribution in [0, 0.1) is 5.92 Å². The number of Topliss-reactive ketones (excluding diaryl/α,β-unsaturated/α-hetero) is 1. The van der Waals surface area contributed by atoms with Crippen molar-refractivity contribution < 1.29 is 14.7 Å². The summed E-state index contributed by atoms with van der Waals surface area (Å²) in [7, 11) is 0. The molecule has 0 aromatic heterocycles. The second kappa shape index (κ2) is 7.31. The van der Waals surface area contributed by atoms with Gasteiger partial charge in [-0.1, -0.05) is 37.3 Å². The summed E-state index contributed by atoms with van der Waals surface area (Å²) < 4.78 is 0. The number of nitrogens with two attached hydrogens (primary N) is 2. The fourth-order valence-corrected chi connectivity index (χ4v) is 1.97. The first-order chi connectivity index (χ1) is 9.76. The van der Waals surface area contributed by atoms with Gasteiger partial charge in [-0.15, -0.1) is 0 Å². The van der Waals surface area contributed by atoms with Crippen LogP contribution in [0.25, 0.3) is 0 Å². The van der Waals surface area contributed by atoms with E-state index in [1.54, 1.807) is 6.92 Å². The number of hydrogen-bond donors (Lipinski definition) is 4. The third kappa shape index (κ3) is 4.63. The van der Waals surface area contributed by atoms with Gasteiger partial charge in [0.05, 0.1) is 12.0 Å². The number of aliphatic carboxylic acids is 1. The minimum Gasteiger partial charge on any atom is -0.479 e. The lowest BCUT2D eigenvalue weighted by Gasteiger charge is -2.28. The zero-order valence-electron chi connectivity index (χ0n) is 12.4. The molecule has 1 rings (SSSR count). The molecule has 2 atom stereocenters. The number of ketones is 1. The molecule has 1 aromatic rings. The monoisotopic (exact) mass is 293 g/mol. The van der Waals surface area contributed by atoms with Crippen LogP contribution in [-0.4, -0.2) is 35.1 Å². The van der Waals surface area contributed by atoms with Gasteiger partial charge in [0.1, 0.15) is 0 Å². The molecule has 1 aromatic carbocycles. The number of hydrogen-bond acceptors (Lipinski definition) is 5. The summed E-state index contributed by atoms with van der Waals surface area (Å²) in [5.41, 5.74) is 10.1. The summed E-state index contributed by atoms with van der Waals surface area (Å²) in [4.78, 5) is 23.1. The molecule has 0 aliphatic heterocycles. The van der Waals surface area contributed by atoms with Gasteiger partial charge in [-0.05, 0) is 25.5 Å². The average Bonchev–Trinajstić information content (AvgIpc) is 2.46. The minimum absolute atomic E-state index is 0.310. The molecule has 0 radical (unpaired) electrons. The van der Waals surface area contributed by atoms with Gasteiger partial charge in [-0.3, -0.25) is 4.79 Å². The zero-order chi connectivity index (χ0) is 16.0. The normalized spacial score (nSPS) is 14.5. The van der Waals surface area contributed by atoms with Crippen LogP contribution in [0.5, 0.6) is 0 Å². The fraction of sp³-hybridized carbons (Fsp3) is 0.467. The highest BCUT2D eigenvalue weighted by molar-refractivity contribution is 5.92. The van der Waals surface area contributed by atoms with E-state index in [9.17, 15) is 9.59 Å². The summed E-state index contributed by atoms with van der Waals surface area (Å²) >= 11 is 0. The summed E-state index contributed by atoms with van der Waals surface area (Å²) in [6.45, 7) is 3.73. The van der Waals surface area contributed by atoms with E-state index in [4.69, 9.17) is 16.6 Å². The molecule has 0 spiro atoms. The van der Waals surface area contributed by atoms with Crippen LogP contribution in [0.15, 0.2) is 30.3 Å². The van der Waals surface area contributed by atoms with E-state index in [0.717, 1.165) is 12.0 Å². The largest absolute Gasteiger partial charge is 0.479 e. The van der Waals surface area contributed by atoms with E-state index in [2.05, 4.69) is 5.32 Å². The van der Waals surface area contributed by atoms with Crippen molar-refractivity contribution in [2.75, 3.05) is 6.54 Å². The van der Waals surface area contributed by atoms with E-state index < -0.39 is 23.6 Å². The number of carbonyl (C=O) groups excluding carboxylic acids is 1. The van der Waals surface area contributed by atoms with Crippen LogP contribution in [0.1, 0.15) is 19.4 Å². The molecule has 0 heterocycles. The molecule has 21 heavy (non-hydrogen) atoms. The molecule has 6 nitrogen and oxygen atoms in total. The van der Waals surface area contributed by atoms with Crippen LogP contribution in [-0.2, 0) is 16.0 Å². The first-order valence-corrected chi connectivity index (χ1v) is 6.89. The Morgan fingerprint density at radius 3 is 2.33 bits per heavy atom. The number of carbonyl (C=O) groups is 2. The van der Waals surface area contributed by atoms with E-state index in [-0.39, 0.29) is 5.78 Å². The van der Waals surface area contributed by atoms with Gasteiger partial charge in [-0.2, -0.15) is 0 Å². The smallest absolute Gasteiger partial charge is 0.339 e. The molecule has 0 aliphatic carbocycles. The Labute approximate surface area is 124 Å². The maximum Gasteiger partial charge on any atom is 0.339 e. The second-order valence-corrected chi connectivity index (χ2v) is 5.27. The summed E-state index contributed by atoms with van der Waals surface area (Å²) in [5, 5.41) is 12.0. The molecule has 0 saturated carbocycles. The van der Waals surface area contributed by atoms with Gasteiger partial charge in [0, 0.05) is 0 Å². The van der Waals surface area contributed by atoms with Crippen molar-refractivity contribution in [3.05, 3.63) is 35.9 Å². The van der Waals surface area contributed by atoms with E-state index in [1.165, 1.54) is 6.92 Å². The van der Waals surface area contributed by atoms with Gasteiger partial charge < -0.3 is 21.9 Å². The Morgan fingerprint density at radius 2 is 1.81 bits per heavy atom. The Bertz CT molecular complexity index is 488. The van der Waals surface area contributed by atoms with Crippen molar-refractivity contribution in [2.45, 2.75) is 32.0 Å². The molecule has 0 saturated heterocycles. The molecule has 0 bridgehead atoms. The van der Waals surface area contributed by atoms with Gasteiger partial charge in [0.2, 0.25) is 0 Å². The van der Waals surface area contributed by atoms with Crippen LogP contribution in [0.3, 0.4) is 0 Å². The van der Waals surface area contributed by atoms with Crippen molar-refractivity contribution >= 4 is 11.8 Å². The van der Waals surface area contributed by atoms with E-state index in [0.29, 0.717) is 6.54 Å². The molecule has 6 N–H and O–H groups in total. The molecular weight excluding hydrogens is 270 g/mol. The van der Waals surface area contributed by atoms with Crippen molar-refractivity contribution in [2.24, 2.45) is 17.4 Å². The van der Waals surface area contributed by atoms with Crippen LogP contribution in [0.4, 0.5) is 0 Å². The Balaban J connectivity index is 2.49. The Morgan fingerprint density at radius 1 is 1.24 bits per heavy atom. The molecule has 6 heteroatoms. The number of carboxylic acids is 1. The van der Waals surface area contributed by atoms with Crippen molar-refractivity contribution in [1.29, 1.82) is 0 Å². The van der Waals surface area contributed by atoms with Crippen LogP contribution < -0.4 is 16.8 Å². The van der Waals surface area contributed by atoms with Gasteiger partial charge in [0.25, 0.3) is 0 Å². The maximum absolute atomic E-state index is 12.2. The molecule has 2 unspecified atom stereocenters. The lowest BCUT2D eigenvalue weighted by Crippen LogP contribution is -2.64. The highest BCUT2D eigenvalue weighted by Gasteiger charge is 2.41. The lowest BCUT2D eigenvalue weighted by atomic mass is 9.88. The predicted molar refractivity (Wildman–Crippen MR) is 80.5 cm³/mol. The first kappa shape index (κ1) is 17.3. The molecule has 116 valence electrons. The number of benzene rings is 1. The number of nitrogens with one attached hydrogen (secondary N) is 1. The SMILES string of the molecule is CC(NCCc1ccccc1)C(=O)C(C)C(N)(N)C(=O)O. The van der Waals surface area contributed by atoms with Gasteiger partial charge in [0.15, 0.2) is 11.4 Å². The summed E-state index contributed by atoms with van der Waals surface area (Å²) in [5.74, 6) is -2.68. The van der Waals surface area contributed by atoms with Gasteiger partial charge in [-0.25, -0.2) is 4.79 Å². The van der Waals surface area contributed by atoms with E-state index in [1.807, 2.05) is 30.3 Å². The van der Waals surface area contributed by atoms with E-state index >= 15 is 0 Å². The maximum atomic E-state index is 12.2. The zero-order valence-corrected chi connectivity index (χ0v) is 12.4. The highest BCUT2D eigenvalue weighted by Crippen LogP contribution is 2.12. The van der Waals surface area contributed by atoms with Crippen molar-refractivity contribution in [1.82, 2.24) is 5.32 Å². The summed E-state index contributed by atoms with van der Waals surface area (Å²) in [6, 6.07) is 9.36. The topological polar surface area (TPSA) is 118 Å². The van der Waals surface area contributed by atoms with Crippen LogP contribution >= 0.6 is 0 Å². The second-order valence-electron chi connectivity index (χ2n) is 5.27. The predicted octanol–water partition coefficient (Wildman–Crippen LogP) is 0.111. The molecular formula is C15H23N3O3. The van der Waals surface area contributed by atoms with Crippen molar-refractivity contribution in [3.63, 3.8) is 0 Å². The quantitative estimate of drug-likeness (QED) is 0.505. The first-order valence-electron chi connectivity index (χ1n) is 6.89. The fourth-order valence-electron chi connectivity index (χ4n) is 1.97. The van der Waals surface area contributed by atoms with Gasteiger partial charge >= 0.3 is 5.97 Å². The third-order valence-corrected chi connectivity index (χ3v) is 3.65. The number of carboxylic acid groups (broad SMARTS) is 1. The highest BCUT2D eigenvalue weighted by atomic mass is 16.4. The lowest BCUT2D eigenvalue weighted by molar-refractivity contribution is -0.148. The van der Waals surface area contributed by atoms with Crippen LogP contribution in [0.2, 0.25) is 0 Å².